The van der Waals surface area contributed by atoms with Crippen molar-refractivity contribution in [3.8, 4) is 0 Å². The Morgan fingerprint density at radius 1 is 1.33 bits per heavy atom. The van der Waals surface area contributed by atoms with Crippen molar-refractivity contribution in [2.24, 2.45) is 5.92 Å². The van der Waals surface area contributed by atoms with Gasteiger partial charge in [0.2, 0.25) is 0 Å². The topological polar surface area (TPSA) is 21.3 Å². The monoisotopic (exact) mass is 269 g/mol. The quantitative estimate of drug-likeness (QED) is 0.907. The molecule has 0 radical (unpaired) electrons. The van der Waals surface area contributed by atoms with E-state index in [0.717, 1.165) is 24.5 Å². The minimum atomic E-state index is -0.238. The Labute approximate surface area is 111 Å². The van der Waals surface area contributed by atoms with Crippen LogP contribution in [-0.2, 0) is 11.3 Å². The smallest absolute Gasteiger partial charge is 0.123 e. The summed E-state index contributed by atoms with van der Waals surface area (Å²) in [6.07, 6.45) is 3.94. The fourth-order valence-corrected chi connectivity index (χ4v) is 2.82. The molecule has 1 aliphatic carbocycles. The van der Waals surface area contributed by atoms with Crippen LogP contribution in [0, 0.1) is 11.7 Å². The largest absolute Gasteiger partial charge is 0.376 e. The van der Waals surface area contributed by atoms with Crippen molar-refractivity contribution in [1.29, 1.82) is 0 Å². The zero-order valence-corrected chi connectivity index (χ0v) is 10.9. The number of benzene rings is 1. The molecule has 1 aromatic carbocycles. The minimum absolute atomic E-state index is 0.238. The first-order valence-electron chi connectivity index (χ1n) is 6.53. The van der Waals surface area contributed by atoms with Gasteiger partial charge in [0.05, 0.1) is 6.10 Å². The highest BCUT2D eigenvalue weighted by Crippen LogP contribution is 2.38. The fourth-order valence-electron chi connectivity index (χ4n) is 2.64. The number of rotatable bonds is 4. The summed E-state index contributed by atoms with van der Waals surface area (Å²) in [6.45, 7) is 1.43. The molecule has 2 unspecified atom stereocenters. The van der Waals surface area contributed by atoms with Crippen LogP contribution in [0.25, 0.3) is 0 Å². The van der Waals surface area contributed by atoms with Crippen LogP contribution in [0.3, 0.4) is 0 Å². The first-order valence-corrected chi connectivity index (χ1v) is 6.91. The van der Waals surface area contributed by atoms with Crippen molar-refractivity contribution < 1.29 is 9.13 Å². The summed E-state index contributed by atoms with van der Waals surface area (Å²) >= 11 is 6.06. The summed E-state index contributed by atoms with van der Waals surface area (Å²) in [5.41, 5.74) is 0.818. The first kappa shape index (κ1) is 12.4. The Bertz CT molecular complexity index is 436. The normalized spacial score (nSPS) is 27.7. The molecule has 3 rings (SSSR count). The molecule has 1 N–H and O–H groups in total. The zero-order valence-electron chi connectivity index (χ0n) is 10.2. The van der Waals surface area contributed by atoms with Crippen molar-refractivity contribution in [3.05, 3.63) is 34.6 Å². The second kappa shape index (κ2) is 5.16. The molecule has 2 nitrogen and oxygen atoms in total. The predicted octanol–water partition coefficient (Wildman–Crippen LogP) is 3.14. The summed E-state index contributed by atoms with van der Waals surface area (Å²) in [5.74, 6) is 0.491. The standard InChI is InChI=1S/C14H17ClFNO/c15-12-4-3-11(16)7-10(12)8-17-13-5-6-18-14(13)9-1-2-9/h3-4,7,9,13-14,17H,1-2,5-6,8H2. The van der Waals surface area contributed by atoms with Crippen LogP contribution in [0.1, 0.15) is 24.8 Å². The lowest BCUT2D eigenvalue weighted by molar-refractivity contribution is 0.0809. The zero-order chi connectivity index (χ0) is 12.5. The lowest BCUT2D eigenvalue weighted by Gasteiger charge is -2.19. The van der Waals surface area contributed by atoms with E-state index in [2.05, 4.69) is 5.32 Å². The first-order chi connectivity index (χ1) is 8.74. The molecule has 4 heteroatoms. The van der Waals surface area contributed by atoms with Crippen LogP contribution < -0.4 is 5.32 Å². The molecule has 1 aliphatic heterocycles. The summed E-state index contributed by atoms with van der Waals surface area (Å²) in [6, 6.07) is 4.88. The molecule has 0 amide bonds. The van der Waals surface area contributed by atoms with Gasteiger partial charge in [0.25, 0.3) is 0 Å². The highest BCUT2D eigenvalue weighted by Gasteiger charge is 2.40. The van der Waals surface area contributed by atoms with Crippen LogP contribution in [0.2, 0.25) is 5.02 Å². The summed E-state index contributed by atoms with van der Waals surface area (Å²) in [4.78, 5) is 0. The van der Waals surface area contributed by atoms with E-state index in [9.17, 15) is 4.39 Å². The molecule has 18 heavy (non-hydrogen) atoms. The van der Waals surface area contributed by atoms with E-state index in [1.807, 2.05) is 0 Å². The predicted molar refractivity (Wildman–Crippen MR) is 69.1 cm³/mol. The molecule has 1 heterocycles. The second-order valence-corrected chi connectivity index (χ2v) is 5.59. The summed E-state index contributed by atoms with van der Waals surface area (Å²) in [7, 11) is 0. The number of halogens is 2. The van der Waals surface area contributed by atoms with Gasteiger partial charge in [0, 0.05) is 24.2 Å². The van der Waals surface area contributed by atoms with Crippen molar-refractivity contribution in [3.63, 3.8) is 0 Å². The van der Waals surface area contributed by atoms with Crippen LogP contribution in [0.5, 0.6) is 0 Å². The molecule has 1 saturated carbocycles. The van der Waals surface area contributed by atoms with Crippen molar-refractivity contribution in [2.75, 3.05) is 6.61 Å². The maximum Gasteiger partial charge on any atom is 0.123 e. The van der Waals surface area contributed by atoms with Gasteiger partial charge in [0.15, 0.2) is 0 Å². The average molecular weight is 270 g/mol. The van der Waals surface area contributed by atoms with Gasteiger partial charge in [-0.1, -0.05) is 11.6 Å². The van der Waals surface area contributed by atoms with Gasteiger partial charge in [-0.2, -0.15) is 0 Å². The molecule has 98 valence electrons. The molecule has 0 bridgehead atoms. The Morgan fingerprint density at radius 3 is 2.94 bits per heavy atom. The lowest BCUT2D eigenvalue weighted by Crippen LogP contribution is -2.37. The number of ether oxygens (including phenoxy) is 1. The van der Waals surface area contributed by atoms with Crippen molar-refractivity contribution in [2.45, 2.75) is 38.0 Å². The highest BCUT2D eigenvalue weighted by molar-refractivity contribution is 6.31. The third kappa shape index (κ3) is 2.68. The van der Waals surface area contributed by atoms with Crippen LogP contribution >= 0.6 is 11.6 Å². The van der Waals surface area contributed by atoms with Crippen LogP contribution in [-0.4, -0.2) is 18.8 Å². The SMILES string of the molecule is Fc1ccc(Cl)c(CNC2CCOC2C2CC2)c1. The Kier molecular flexibility index (Phi) is 3.55. The maximum atomic E-state index is 13.2. The van der Waals surface area contributed by atoms with Gasteiger partial charge < -0.3 is 10.1 Å². The number of hydrogen-bond acceptors (Lipinski definition) is 2. The van der Waals surface area contributed by atoms with Gasteiger partial charge in [-0.15, -0.1) is 0 Å². The number of nitrogens with one attached hydrogen (secondary N) is 1. The molecule has 0 aromatic heterocycles. The van der Waals surface area contributed by atoms with Gasteiger partial charge in [-0.05, 0) is 48.9 Å². The second-order valence-electron chi connectivity index (χ2n) is 5.18. The minimum Gasteiger partial charge on any atom is -0.376 e. The van der Waals surface area contributed by atoms with Gasteiger partial charge in [0.1, 0.15) is 5.82 Å². The number of hydrogen-bond donors (Lipinski definition) is 1. The van der Waals surface area contributed by atoms with E-state index in [0.29, 0.717) is 23.7 Å². The molecule has 2 fully saturated rings. The molecular formula is C14H17ClFNO. The molecule has 1 aromatic rings. The van der Waals surface area contributed by atoms with Gasteiger partial charge in [-0.3, -0.25) is 0 Å². The molecule has 2 aliphatic rings. The van der Waals surface area contributed by atoms with Crippen molar-refractivity contribution >= 4 is 11.6 Å². The Balaban J connectivity index is 1.61. The van der Waals surface area contributed by atoms with E-state index in [4.69, 9.17) is 16.3 Å². The van der Waals surface area contributed by atoms with E-state index >= 15 is 0 Å². The van der Waals surface area contributed by atoms with E-state index < -0.39 is 0 Å². The van der Waals surface area contributed by atoms with Crippen LogP contribution in [0.15, 0.2) is 18.2 Å². The van der Waals surface area contributed by atoms with Gasteiger partial charge in [-0.25, -0.2) is 4.39 Å². The summed E-state index contributed by atoms with van der Waals surface area (Å²) < 4.78 is 18.9. The Hall–Kier alpha value is -0.640. The highest BCUT2D eigenvalue weighted by atomic mass is 35.5. The summed E-state index contributed by atoms with van der Waals surface area (Å²) in [5, 5.41) is 4.08. The lowest BCUT2D eigenvalue weighted by atomic mass is 10.1. The van der Waals surface area contributed by atoms with E-state index in [1.54, 1.807) is 6.07 Å². The third-order valence-electron chi connectivity index (χ3n) is 3.78. The van der Waals surface area contributed by atoms with E-state index in [1.165, 1.54) is 25.0 Å². The molecule has 2 atom stereocenters. The Morgan fingerprint density at radius 2 is 2.17 bits per heavy atom. The van der Waals surface area contributed by atoms with Crippen molar-refractivity contribution in [1.82, 2.24) is 5.32 Å². The molecular weight excluding hydrogens is 253 g/mol. The van der Waals surface area contributed by atoms with E-state index in [-0.39, 0.29) is 5.82 Å². The van der Waals surface area contributed by atoms with Gasteiger partial charge >= 0.3 is 0 Å². The molecule has 1 saturated heterocycles. The molecule has 0 spiro atoms. The maximum absolute atomic E-state index is 13.2. The average Bonchev–Trinajstić information content (AvgIpc) is 3.10. The van der Waals surface area contributed by atoms with Crippen LogP contribution in [0.4, 0.5) is 4.39 Å². The fraction of sp³-hybridized carbons (Fsp3) is 0.571. The third-order valence-corrected chi connectivity index (χ3v) is 4.15.